The smallest absolute Gasteiger partial charge is 0.170 e. The first-order chi connectivity index (χ1) is 9.54. The van der Waals surface area contributed by atoms with E-state index in [0.29, 0.717) is 37.6 Å². The van der Waals surface area contributed by atoms with Crippen LogP contribution in [0, 0.1) is 6.92 Å². The van der Waals surface area contributed by atoms with Crippen LogP contribution >= 0.6 is 11.6 Å². The second-order valence-corrected chi connectivity index (χ2v) is 5.45. The molecule has 0 spiro atoms. The predicted molar refractivity (Wildman–Crippen MR) is 76.2 cm³/mol. The summed E-state index contributed by atoms with van der Waals surface area (Å²) < 4.78 is 12.6. The summed E-state index contributed by atoms with van der Waals surface area (Å²) in [6.45, 7) is 5.64. The van der Waals surface area contributed by atoms with Gasteiger partial charge in [-0.05, 0) is 13.8 Å². The lowest BCUT2D eigenvalue weighted by Gasteiger charge is -2.34. The number of nitrogens with zero attached hydrogens (tertiary/aromatic N) is 2. The largest absolute Gasteiger partial charge is 0.381 e. The topological polar surface area (TPSA) is 53.4 Å². The molecular formula is C14H21ClN2O3. The van der Waals surface area contributed by atoms with Gasteiger partial charge in [0.15, 0.2) is 5.78 Å². The van der Waals surface area contributed by atoms with Crippen molar-refractivity contribution in [2.45, 2.75) is 45.3 Å². The summed E-state index contributed by atoms with van der Waals surface area (Å²) in [6, 6.07) is 0. The molecule has 0 aromatic carbocycles. The Morgan fingerprint density at radius 3 is 2.70 bits per heavy atom. The molecule has 1 saturated heterocycles. The molecule has 20 heavy (non-hydrogen) atoms. The van der Waals surface area contributed by atoms with Gasteiger partial charge in [0.2, 0.25) is 0 Å². The van der Waals surface area contributed by atoms with E-state index in [0.717, 1.165) is 11.4 Å². The molecule has 0 bridgehead atoms. The summed E-state index contributed by atoms with van der Waals surface area (Å²) in [5.41, 5.74) is 0.799. The number of Topliss-reactive ketones (excluding diaryl/α,β-unsaturated/α-hetero) is 1. The van der Waals surface area contributed by atoms with Crippen molar-refractivity contribution in [2.24, 2.45) is 0 Å². The number of aromatic nitrogens is 2. The molecule has 2 rings (SSSR count). The maximum atomic E-state index is 12.7. The zero-order valence-corrected chi connectivity index (χ0v) is 13.0. The Morgan fingerprint density at radius 1 is 1.50 bits per heavy atom. The van der Waals surface area contributed by atoms with Crippen molar-refractivity contribution in [2.75, 3.05) is 20.3 Å². The molecule has 1 aliphatic rings. The van der Waals surface area contributed by atoms with Crippen LogP contribution in [0.25, 0.3) is 0 Å². The van der Waals surface area contributed by atoms with Gasteiger partial charge in [0.1, 0.15) is 5.60 Å². The van der Waals surface area contributed by atoms with Crippen molar-refractivity contribution in [1.29, 1.82) is 0 Å². The van der Waals surface area contributed by atoms with Crippen LogP contribution in [0.15, 0.2) is 0 Å². The number of carbonyl (C=O) groups is 1. The van der Waals surface area contributed by atoms with Crippen molar-refractivity contribution in [3.8, 4) is 0 Å². The van der Waals surface area contributed by atoms with Crippen LogP contribution in [-0.4, -0.2) is 41.5 Å². The summed E-state index contributed by atoms with van der Waals surface area (Å²) in [5, 5.41) is 4.92. The Morgan fingerprint density at radius 2 is 2.15 bits per heavy atom. The van der Waals surface area contributed by atoms with E-state index in [1.165, 1.54) is 0 Å². The Labute approximate surface area is 124 Å². The molecule has 0 amide bonds. The highest BCUT2D eigenvalue weighted by Gasteiger charge is 2.40. The third-order valence-electron chi connectivity index (χ3n) is 3.98. The number of hydrogen-bond donors (Lipinski definition) is 0. The highest BCUT2D eigenvalue weighted by Crippen LogP contribution is 2.29. The van der Waals surface area contributed by atoms with E-state index in [2.05, 4.69) is 5.10 Å². The summed E-state index contributed by atoms with van der Waals surface area (Å²) >= 11 is 6.26. The number of rotatable bonds is 5. The van der Waals surface area contributed by atoms with Crippen LogP contribution in [0.5, 0.6) is 0 Å². The number of hydrogen-bond acceptors (Lipinski definition) is 4. The van der Waals surface area contributed by atoms with Gasteiger partial charge in [-0.2, -0.15) is 5.10 Å². The Bertz CT molecular complexity index is 493. The first-order valence-electron chi connectivity index (χ1n) is 6.92. The molecular weight excluding hydrogens is 280 g/mol. The van der Waals surface area contributed by atoms with E-state index in [-0.39, 0.29) is 12.2 Å². The average molecular weight is 301 g/mol. The Kier molecular flexibility index (Phi) is 4.83. The summed E-state index contributed by atoms with van der Waals surface area (Å²) in [4.78, 5) is 12.7. The first-order valence-corrected chi connectivity index (χ1v) is 7.30. The van der Waals surface area contributed by atoms with Crippen LogP contribution in [0.1, 0.15) is 31.2 Å². The molecule has 5 nitrogen and oxygen atoms in total. The molecule has 1 aromatic rings. The summed E-state index contributed by atoms with van der Waals surface area (Å²) in [7, 11) is 1.59. The van der Waals surface area contributed by atoms with E-state index in [1.54, 1.807) is 11.8 Å². The fraction of sp³-hybridized carbons (Fsp3) is 0.714. The molecule has 6 heteroatoms. The number of ketones is 1. The monoisotopic (exact) mass is 300 g/mol. The Balaban J connectivity index is 2.22. The average Bonchev–Trinajstić information content (AvgIpc) is 2.75. The van der Waals surface area contributed by atoms with Crippen LogP contribution < -0.4 is 0 Å². The maximum Gasteiger partial charge on any atom is 0.170 e. The Hall–Kier alpha value is -0.910. The second-order valence-electron chi connectivity index (χ2n) is 5.07. The van der Waals surface area contributed by atoms with Crippen molar-refractivity contribution >= 4 is 17.4 Å². The van der Waals surface area contributed by atoms with Crippen LogP contribution in [0.2, 0.25) is 5.02 Å². The van der Waals surface area contributed by atoms with E-state index in [4.69, 9.17) is 21.1 Å². The van der Waals surface area contributed by atoms with Gasteiger partial charge in [-0.3, -0.25) is 9.48 Å². The lowest BCUT2D eigenvalue weighted by molar-refractivity contribution is -0.152. The van der Waals surface area contributed by atoms with Gasteiger partial charge in [0, 0.05) is 39.7 Å². The molecule has 1 fully saturated rings. The number of ether oxygens (including phenoxy) is 2. The normalized spacial score (nSPS) is 18.2. The zero-order chi connectivity index (χ0) is 14.8. The molecule has 112 valence electrons. The van der Waals surface area contributed by atoms with E-state index >= 15 is 0 Å². The van der Waals surface area contributed by atoms with Gasteiger partial charge in [-0.25, -0.2) is 0 Å². The fourth-order valence-corrected chi connectivity index (χ4v) is 2.85. The van der Waals surface area contributed by atoms with Crippen molar-refractivity contribution in [3.63, 3.8) is 0 Å². The van der Waals surface area contributed by atoms with Crippen LogP contribution in [0.4, 0.5) is 0 Å². The quantitative estimate of drug-likeness (QED) is 0.836. The molecule has 0 unspecified atom stereocenters. The lowest BCUT2D eigenvalue weighted by atomic mass is 9.87. The number of methoxy groups -OCH3 is 1. The zero-order valence-electron chi connectivity index (χ0n) is 12.2. The molecule has 0 atom stereocenters. The molecule has 0 aliphatic carbocycles. The van der Waals surface area contributed by atoms with Crippen LogP contribution in [0.3, 0.4) is 0 Å². The van der Waals surface area contributed by atoms with Gasteiger partial charge < -0.3 is 9.47 Å². The molecule has 1 aliphatic heterocycles. The minimum Gasteiger partial charge on any atom is -0.381 e. The fourth-order valence-electron chi connectivity index (χ4n) is 2.65. The molecule has 0 N–H and O–H groups in total. The second kappa shape index (κ2) is 6.24. The number of carbonyl (C=O) groups excluding carboxylic acids is 1. The van der Waals surface area contributed by atoms with Crippen molar-refractivity contribution in [1.82, 2.24) is 9.78 Å². The maximum absolute atomic E-state index is 12.7. The standard InChI is InChI=1S/C14H21ClN2O3/c1-4-17-11(13(15)10(2)16-17)9-12(18)14(19-3)5-7-20-8-6-14/h4-9H2,1-3H3. The van der Waals surface area contributed by atoms with Gasteiger partial charge in [-0.15, -0.1) is 0 Å². The lowest BCUT2D eigenvalue weighted by Crippen LogP contribution is -2.46. The molecule has 2 heterocycles. The van der Waals surface area contributed by atoms with Gasteiger partial charge in [0.05, 0.1) is 22.8 Å². The number of aryl methyl sites for hydroxylation is 2. The number of halogens is 1. The third-order valence-corrected chi connectivity index (χ3v) is 4.47. The van der Waals surface area contributed by atoms with Crippen molar-refractivity contribution < 1.29 is 14.3 Å². The molecule has 0 radical (unpaired) electrons. The highest BCUT2D eigenvalue weighted by molar-refractivity contribution is 6.32. The van der Waals surface area contributed by atoms with E-state index < -0.39 is 5.60 Å². The van der Waals surface area contributed by atoms with Gasteiger partial charge in [-0.1, -0.05) is 11.6 Å². The predicted octanol–water partition coefficient (Wildman–Crippen LogP) is 2.17. The SMILES string of the molecule is CCn1nc(C)c(Cl)c1CC(=O)C1(OC)CCOCC1. The van der Waals surface area contributed by atoms with Crippen LogP contribution in [-0.2, 0) is 27.2 Å². The van der Waals surface area contributed by atoms with Gasteiger partial charge >= 0.3 is 0 Å². The van der Waals surface area contributed by atoms with E-state index in [9.17, 15) is 4.79 Å². The minimum absolute atomic E-state index is 0.0554. The third kappa shape index (κ3) is 2.75. The molecule has 1 aromatic heterocycles. The molecule has 0 saturated carbocycles. The highest BCUT2D eigenvalue weighted by atomic mass is 35.5. The first kappa shape index (κ1) is 15.5. The summed E-state index contributed by atoms with van der Waals surface area (Å²) in [5.74, 6) is 0.0554. The van der Waals surface area contributed by atoms with Crippen molar-refractivity contribution in [3.05, 3.63) is 16.4 Å². The minimum atomic E-state index is -0.738. The van der Waals surface area contributed by atoms with Gasteiger partial charge in [0.25, 0.3) is 0 Å². The summed E-state index contributed by atoms with van der Waals surface area (Å²) in [6.07, 6.45) is 1.44. The van der Waals surface area contributed by atoms with E-state index in [1.807, 2.05) is 13.8 Å².